The molecule has 0 aromatic heterocycles. The summed E-state index contributed by atoms with van der Waals surface area (Å²) in [7, 11) is 9.69. The lowest BCUT2D eigenvalue weighted by atomic mass is 9.91. The second-order valence-electron chi connectivity index (χ2n) is 26.6. The summed E-state index contributed by atoms with van der Waals surface area (Å²) in [6.45, 7) is 28.3. The minimum atomic E-state index is -1.73. The lowest BCUT2D eigenvalue weighted by molar-refractivity contribution is -0.164. The summed E-state index contributed by atoms with van der Waals surface area (Å²) in [5.74, 6) is -11.3. The lowest BCUT2D eigenvalue weighted by Crippen LogP contribution is -2.64. The summed E-state index contributed by atoms with van der Waals surface area (Å²) in [6.07, 6.45) is -0.232. The Balaban J connectivity index is -0.00000968. The maximum Gasteiger partial charge on any atom is 0.303 e. The van der Waals surface area contributed by atoms with Crippen molar-refractivity contribution in [2.75, 3.05) is 55.9 Å². The fraction of sp³-hybridized carbons (Fsp3) is 0.794. The van der Waals surface area contributed by atoms with Crippen LogP contribution in [0.25, 0.3) is 0 Å². The van der Waals surface area contributed by atoms with Gasteiger partial charge in [-0.25, -0.2) is 0 Å². The number of nitrogens with one attached hydrogen (secondary N) is 4. The molecule has 0 radical (unpaired) electrons. The van der Waals surface area contributed by atoms with Crippen LogP contribution in [0.3, 0.4) is 0 Å². The Labute approximate surface area is 530 Å². The molecule has 25 nitrogen and oxygen atoms in total. The number of hydrogen-bond acceptors (Lipinski definition) is 14. The highest BCUT2D eigenvalue weighted by Crippen LogP contribution is 2.26. The van der Waals surface area contributed by atoms with Crippen LogP contribution in [0.5, 0.6) is 0 Å². The van der Waals surface area contributed by atoms with E-state index in [0.29, 0.717) is 12.7 Å². The van der Waals surface area contributed by atoms with E-state index in [-0.39, 0.29) is 67.9 Å². The number of ether oxygens (including phenoxy) is 1. The summed E-state index contributed by atoms with van der Waals surface area (Å²) in [5, 5.41) is 10.9. The van der Waals surface area contributed by atoms with Crippen molar-refractivity contribution in [3.05, 3.63) is 0 Å². The van der Waals surface area contributed by atoms with E-state index < -0.39 is 162 Å². The first-order valence-electron chi connectivity index (χ1n) is 31.3. The molecule has 1 heterocycles. The molecule has 1 rings (SSSR count). The minimum absolute atomic E-state index is 0. The Morgan fingerprint density at radius 2 is 0.966 bits per heavy atom. The zero-order valence-corrected chi connectivity index (χ0v) is 57.5. The Morgan fingerprint density at radius 3 is 1.43 bits per heavy atom. The second kappa shape index (κ2) is 36.1. The summed E-state index contributed by atoms with van der Waals surface area (Å²) < 4.78 is 5.77. The fourth-order valence-corrected chi connectivity index (χ4v) is 10.9. The standard InChI is InChI=1S/C63H111N11O14.4H2/c1-25-44-59(83)68(18)33-49(77)69(19)46(30-35(4)5)56(80)67-50(38(10)11)62(86)71(21)47(31-36(6)7)55(79)64-41(15)54(78)65-42(16)58(82)72(22)48(32-37(8)9)61(85)70(20)45(27-26-34(2)3)60(84)73(23)51(39(12)13)63(87)74(24)52(57(81)66-44)53(88-43(17)76)40(14)28-29-75;;;;/h29,34-42,44-48,50-53H,25-28,30-33H2,1-24H3,(H,64,79)(H,65,78)(H,66,81)(H,67,80);4*1H/t40-,41+,42-,44+,45+,46+,47+,48+,50+,51+,52?,53-;;;;/m1..../s1. The van der Waals surface area contributed by atoms with E-state index in [1.165, 1.54) is 87.7 Å². The molecule has 25 heteroatoms. The highest BCUT2D eigenvalue weighted by molar-refractivity contribution is 5.99. The SMILES string of the molecule is CC[C@@H]1NC(=O)C([C@H](OC(C)=O)[C@H](C)CC=O)N(C)C(=O)[C@H](C(C)C)N(C)C(=O)[C@H](CCC(C)C)N(C)C(=O)[C@H](CC(C)C)N(C)C(=O)[C@@H](C)NC(=O)[C@H](C)NC(=O)[C@H](CC(C)C)N(C)C(=O)[C@H](C(C)C)NC(=O)[C@H](CC(C)C)N(C)C(=O)CN(C)C1=O.[HH].[HH].[HH].[HH]. The van der Waals surface area contributed by atoms with Gasteiger partial charge in [-0.2, -0.15) is 0 Å². The summed E-state index contributed by atoms with van der Waals surface area (Å²) in [4.78, 5) is 194. The van der Waals surface area contributed by atoms with Gasteiger partial charge >= 0.3 is 5.97 Å². The molecule has 0 aromatic carbocycles. The summed E-state index contributed by atoms with van der Waals surface area (Å²) >= 11 is 0. The molecule has 1 fully saturated rings. The molecule has 1 saturated heterocycles. The van der Waals surface area contributed by atoms with Crippen molar-refractivity contribution in [3.63, 3.8) is 0 Å². The third-order valence-corrected chi connectivity index (χ3v) is 16.4. The van der Waals surface area contributed by atoms with Crippen LogP contribution >= 0.6 is 0 Å². The van der Waals surface area contributed by atoms with Crippen LogP contribution in [0.1, 0.15) is 168 Å². The molecular weight excluding hydrogens is 1130 g/mol. The average Bonchev–Trinajstić information content (AvgIpc) is 0.977. The maximum atomic E-state index is 15.3. The monoisotopic (exact) mass is 1250 g/mol. The molecular formula is C63H119N11O14. The normalized spacial score (nSPS) is 26.2. The Morgan fingerprint density at radius 1 is 0.511 bits per heavy atom. The molecule has 11 amide bonds. The van der Waals surface area contributed by atoms with E-state index in [1.54, 1.807) is 41.5 Å². The van der Waals surface area contributed by atoms with Crippen LogP contribution in [0, 0.1) is 41.4 Å². The molecule has 0 aliphatic carbocycles. The van der Waals surface area contributed by atoms with Crippen LogP contribution in [0.4, 0.5) is 0 Å². The fourth-order valence-electron chi connectivity index (χ4n) is 10.9. The van der Waals surface area contributed by atoms with Gasteiger partial charge in [0.05, 0.1) is 6.54 Å². The van der Waals surface area contributed by atoms with E-state index in [0.717, 1.165) is 16.7 Å². The van der Waals surface area contributed by atoms with Crippen molar-refractivity contribution >= 4 is 77.2 Å². The Kier molecular flexibility index (Phi) is 32.5. The third kappa shape index (κ3) is 22.4. The van der Waals surface area contributed by atoms with Gasteiger partial charge in [-0.1, -0.05) is 96.9 Å². The quantitative estimate of drug-likeness (QED) is 0.119. The molecule has 4 N–H and O–H groups in total. The van der Waals surface area contributed by atoms with Gasteiger partial charge in [0.15, 0.2) is 0 Å². The third-order valence-electron chi connectivity index (χ3n) is 16.4. The molecule has 0 spiro atoms. The molecule has 88 heavy (non-hydrogen) atoms. The molecule has 12 atom stereocenters. The highest BCUT2D eigenvalue weighted by atomic mass is 16.5. The second-order valence-corrected chi connectivity index (χ2v) is 26.6. The first kappa shape index (κ1) is 79.3. The van der Waals surface area contributed by atoms with E-state index in [1.807, 2.05) is 55.4 Å². The molecule has 0 bridgehead atoms. The molecule has 510 valence electrons. The average molecular weight is 1250 g/mol. The zero-order valence-electron chi connectivity index (χ0n) is 57.5. The molecule has 1 aliphatic heterocycles. The number of aldehydes is 1. The Bertz CT molecular complexity index is 2460. The van der Waals surface area contributed by atoms with Crippen LogP contribution in [-0.2, 0) is 67.1 Å². The number of hydrogen-bond donors (Lipinski definition) is 4. The maximum absolute atomic E-state index is 15.3. The molecule has 0 aromatic rings. The van der Waals surface area contributed by atoms with Crippen LogP contribution in [0.15, 0.2) is 0 Å². The number of rotatable bonds is 17. The highest BCUT2D eigenvalue weighted by Gasteiger charge is 2.47. The molecule has 0 saturated carbocycles. The van der Waals surface area contributed by atoms with Gasteiger partial charge in [0.25, 0.3) is 0 Å². The van der Waals surface area contributed by atoms with Crippen molar-refractivity contribution < 1.29 is 72.8 Å². The van der Waals surface area contributed by atoms with Crippen molar-refractivity contribution in [1.82, 2.24) is 55.6 Å². The van der Waals surface area contributed by atoms with Gasteiger partial charge in [-0.3, -0.25) is 57.5 Å². The minimum Gasteiger partial charge on any atom is -0.459 e. The smallest absolute Gasteiger partial charge is 0.303 e. The summed E-state index contributed by atoms with van der Waals surface area (Å²) in [5.41, 5.74) is 0. The molecule has 1 aliphatic rings. The number of amides is 11. The van der Waals surface area contributed by atoms with Gasteiger partial charge < -0.3 is 65.1 Å². The van der Waals surface area contributed by atoms with Crippen molar-refractivity contribution in [2.24, 2.45) is 41.4 Å². The van der Waals surface area contributed by atoms with Gasteiger partial charge in [0.1, 0.15) is 72.8 Å². The van der Waals surface area contributed by atoms with Gasteiger partial charge in [-0.05, 0) is 87.9 Å². The largest absolute Gasteiger partial charge is 0.459 e. The van der Waals surface area contributed by atoms with Crippen molar-refractivity contribution in [2.45, 2.75) is 229 Å². The van der Waals surface area contributed by atoms with E-state index in [2.05, 4.69) is 21.3 Å². The van der Waals surface area contributed by atoms with Gasteiger partial charge in [0, 0.05) is 74.3 Å². The predicted octanol–water partition coefficient (Wildman–Crippen LogP) is 3.84. The molecule has 1 unspecified atom stereocenters. The lowest BCUT2D eigenvalue weighted by Gasteiger charge is -2.42. The number of carbonyl (C=O) groups excluding carboxylic acids is 13. The number of likely N-dealkylation sites (N-methyl/N-ethyl adjacent to an activating group) is 7. The van der Waals surface area contributed by atoms with E-state index >= 15 is 19.2 Å². The topological polar surface area (TPSA) is 302 Å². The van der Waals surface area contributed by atoms with Crippen molar-refractivity contribution in [3.8, 4) is 0 Å². The van der Waals surface area contributed by atoms with Crippen LogP contribution in [0.2, 0.25) is 0 Å². The first-order valence-corrected chi connectivity index (χ1v) is 31.3. The number of nitrogens with zero attached hydrogens (tertiary/aromatic N) is 7. The predicted molar refractivity (Wildman–Crippen MR) is 342 cm³/mol. The first-order chi connectivity index (χ1) is 40.6. The zero-order chi connectivity index (χ0) is 68.3. The van der Waals surface area contributed by atoms with Gasteiger partial charge in [0.2, 0.25) is 65.0 Å². The number of esters is 1. The van der Waals surface area contributed by atoms with Crippen LogP contribution < -0.4 is 21.3 Å². The van der Waals surface area contributed by atoms with Crippen LogP contribution in [-0.4, -0.2) is 234 Å². The van der Waals surface area contributed by atoms with Crippen molar-refractivity contribution in [1.29, 1.82) is 0 Å². The Hall–Kier alpha value is -6.69. The number of carbonyl (C=O) groups is 13. The van der Waals surface area contributed by atoms with Gasteiger partial charge in [-0.15, -0.1) is 0 Å². The summed E-state index contributed by atoms with van der Waals surface area (Å²) in [6, 6.07) is -12.8. The van der Waals surface area contributed by atoms with E-state index in [9.17, 15) is 43.2 Å². The van der Waals surface area contributed by atoms with E-state index in [4.69, 9.17) is 4.74 Å².